The van der Waals surface area contributed by atoms with Gasteiger partial charge in [0.1, 0.15) is 16.6 Å². The molecule has 0 saturated carbocycles. The van der Waals surface area contributed by atoms with Crippen LogP contribution in [0.2, 0.25) is 0 Å². The third-order valence-corrected chi connectivity index (χ3v) is 4.79. The Morgan fingerprint density at radius 3 is 2.52 bits per heavy atom. The van der Waals surface area contributed by atoms with Crippen LogP contribution in [-0.4, -0.2) is 52.6 Å². The van der Waals surface area contributed by atoms with Crippen molar-refractivity contribution in [3.63, 3.8) is 0 Å². The summed E-state index contributed by atoms with van der Waals surface area (Å²) in [4.78, 5) is 13.4. The summed E-state index contributed by atoms with van der Waals surface area (Å²) in [7, 11) is 0. The summed E-state index contributed by atoms with van der Waals surface area (Å²) >= 11 is 0. The number of amides is 1. The molecule has 3 rings (SSSR count). The quantitative estimate of drug-likeness (QED) is 0.791. The lowest BCUT2D eigenvalue weighted by atomic mass is 9.61. The van der Waals surface area contributed by atoms with Gasteiger partial charge in [0.05, 0.1) is 31.4 Å². The fraction of sp³-hybridized carbons (Fsp3) is 0.867. The molecular weight excluding hydrogens is 272 g/mol. The molecule has 21 heavy (non-hydrogen) atoms. The van der Waals surface area contributed by atoms with E-state index in [9.17, 15) is 15.2 Å². The SMILES string of the molecule is CC(C)(C)OC(=O)N1CC(O)(C2(C#N)CC3CCC2O3)C1. The smallest absolute Gasteiger partial charge is 0.410 e. The standard InChI is InChI=1S/C15H22N2O4/c1-13(2,3)21-12(18)17-8-15(19,9-17)14(7-16)6-10-4-5-11(14)20-10/h10-11,19H,4-6,8-9H2,1-3H3. The maximum absolute atomic E-state index is 12.0. The maximum Gasteiger partial charge on any atom is 0.410 e. The van der Waals surface area contributed by atoms with Crippen LogP contribution in [-0.2, 0) is 9.47 Å². The van der Waals surface area contributed by atoms with Crippen LogP contribution < -0.4 is 0 Å². The maximum atomic E-state index is 12.0. The zero-order valence-electron chi connectivity index (χ0n) is 12.8. The summed E-state index contributed by atoms with van der Waals surface area (Å²) in [5.74, 6) is 0. The van der Waals surface area contributed by atoms with Crippen molar-refractivity contribution in [2.75, 3.05) is 13.1 Å². The largest absolute Gasteiger partial charge is 0.444 e. The monoisotopic (exact) mass is 294 g/mol. The predicted octanol–water partition coefficient (Wildman–Crippen LogP) is 1.43. The van der Waals surface area contributed by atoms with Crippen LogP contribution >= 0.6 is 0 Å². The minimum absolute atomic E-state index is 0.0780. The van der Waals surface area contributed by atoms with E-state index in [1.165, 1.54) is 4.90 Å². The van der Waals surface area contributed by atoms with Crippen molar-refractivity contribution in [3.05, 3.63) is 0 Å². The summed E-state index contributed by atoms with van der Waals surface area (Å²) in [6, 6.07) is 2.31. The molecular formula is C15H22N2O4. The highest BCUT2D eigenvalue weighted by atomic mass is 16.6. The van der Waals surface area contributed by atoms with Crippen molar-refractivity contribution in [1.29, 1.82) is 5.26 Å². The molecule has 2 bridgehead atoms. The van der Waals surface area contributed by atoms with Gasteiger partial charge in [-0.1, -0.05) is 0 Å². The van der Waals surface area contributed by atoms with Crippen LogP contribution in [0.1, 0.15) is 40.0 Å². The Morgan fingerprint density at radius 2 is 2.10 bits per heavy atom. The first-order valence-corrected chi connectivity index (χ1v) is 7.46. The molecule has 0 aromatic carbocycles. The molecule has 1 amide bonds. The van der Waals surface area contributed by atoms with Gasteiger partial charge in [0.15, 0.2) is 0 Å². The molecule has 0 spiro atoms. The zero-order valence-corrected chi connectivity index (χ0v) is 12.8. The lowest BCUT2D eigenvalue weighted by Gasteiger charge is -2.54. The van der Waals surface area contributed by atoms with Crippen LogP contribution in [0.15, 0.2) is 0 Å². The average molecular weight is 294 g/mol. The number of likely N-dealkylation sites (tertiary alicyclic amines) is 1. The number of fused-ring (bicyclic) bond motifs is 2. The highest BCUT2D eigenvalue weighted by Crippen LogP contribution is 2.55. The van der Waals surface area contributed by atoms with Gasteiger partial charge in [0, 0.05) is 0 Å². The number of β-amino-alcohol motifs (C(OH)–C–C–N with tert-alkyl or cyclic N) is 1. The van der Waals surface area contributed by atoms with E-state index in [1.54, 1.807) is 20.8 Å². The Labute approximate surface area is 124 Å². The summed E-state index contributed by atoms with van der Waals surface area (Å²) in [6.07, 6.45) is 1.76. The Bertz CT molecular complexity index is 501. The molecule has 3 heterocycles. The molecule has 3 saturated heterocycles. The highest BCUT2D eigenvalue weighted by molar-refractivity contribution is 5.70. The Morgan fingerprint density at radius 1 is 1.43 bits per heavy atom. The summed E-state index contributed by atoms with van der Waals surface area (Å²) in [5, 5.41) is 20.5. The molecule has 0 aliphatic carbocycles. The van der Waals surface area contributed by atoms with Gasteiger partial charge >= 0.3 is 6.09 Å². The van der Waals surface area contributed by atoms with Crippen molar-refractivity contribution >= 4 is 6.09 Å². The van der Waals surface area contributed by atoms with Gasteiger partial charge in [-0.05, 0) is 40.0 Å². The van der Waals surface area contributed by atoms with Gasteiger partial charge in [0.2, 0.25) is 0 Å². The fourth-order valence-corrected chi connectivity index (χ4v) is 3.74. The van der Waals surface area contributed by atoms with Crippen LogP contribution in [0, 0.1) is 16.7 Å². The van der Waals surface area contributed by atoms with E-state index in [1.807, 2.05) is 0 Å². The molecule has 3 aliphatic heterocycles. The topological polar surface area (TPSA) is 82.8 Å². The Balaban J connectivity index is 1.69. The van der Waals surface area contributed by atoms with Crippen molar-refractivity contribution in [1.82, 2.24) is 4.90 Å². The third-order valence-electron chi connectivity index (χ3n) is 4.79. The third kappa shape index (κ3) is 2.11. The van der Waals surface area contributed by atoms with Crippen molar-refractivity contribution in [3.8, 4) is 6.07 Å². The summed E-state index contributed by atoms with van der Waals surface area (Å²) < 4.78 is 11.0. The molecule has 3 atom stereocenters. The van der Waals surface area contributed by atoms with Crippen LogP contribution in [0.25, 0.3) is 0 Å². The van der Waals surface area contributed by atoms with E-state index >= 15 is 0 Å². The van der Waals surface area contributed by atoms with Crippen LogP contribution in [0.5, 0.6) is 0 Å². The molecule has 0 aromatic rings. The average Bonchev–Trinajstić information content (AvgIpc) is 2.93. The molecule has 1 N–H and O–H groups in total. The van der Waals surface area contributed by atoms with Crippen LogP contribution in [0.3, 0.4) is 0 Å². The second-order valence-electron chi connectivity index (χ2n) is 7.48. The van der Waals surface area contributed by atoms with E-state index in [-0.39, 0.29) is 25.3 Å². The van der Waals surface area contributed by atoms with Crippen molar-refractivity contribution < 1.29 is 19.4 Å². The molecule has 3 aliphatic rings. The number of carbonyl (C=O) groups is 1. The minimum Gasteiger partial charge on any atom is -0.444 e. The van der Waals surface area contributed by atoms with E-state index in [0.29, 0.717) is 6.42 Å². The van der Waals surface area contributed by atoms with Crippen molar-refractivity contribution in [2.24, 2.45) is 5.41 Å². The first kappa shape index (κ1) is 14.6. The molecule has 6 heteroatoms. The van der Waals surface area contributed by atoms with E-state index in [2.05, 4.69) is 6.07 Å². The first-order valence-electron chi connectivity index (χ1n) is 7.46. The van der Waals surface area contributed by atoms with Gasteiger partial charge in [-0.3, -0.25) is 0 Å². The zero-order chi connectivity index (χ0) is 15.5. The predicted molar refractivity (Wildman–Crippen MR) is 73.3 cm³/mol. The number of carbonyl (C=O) groups excluding carboxylic acids is 1. The fourth-order valence-electron chi connectivity index (χ4n) is 3.74. The number of hydrogen-bond donors (Lipinski definition) is 1. The summed E-state index contributed by atoms with van der Waals surface area (Å²) in [6.45, 7) is 5.69. The van der Waals surface area contributed by atoms with Gasteiger partial charge < -0.3 is 19.5 Å². The summed E-state index contributed by atoms with van der Waals surface area (Å²) in [5.41, 5.74) is -2.62. The Kier molecular flexibility index (Phi) is 3.02. The molecule has 6 nitrogen and oxygen atoms in total. The minimum atomic E-state index is -1.18. The lowest BCUT2D eigenvalue weighted by Crippen LogP contribution is -2.72. The molecule has 3 fully saturated rings. The van der Waals surface area contributed by atoms with E-state index < -0.39 is 22.7 Å². The van der Waals surface area contributed by atoms with Gasteiger partial charge in [-0.2, -0.15) is 5.26 Å². The molecule has 116 valence electrons. The first-order chi connectivity index (χ1) is 9.69. The number of nitriles is 1. The van der Waals surface area contributed by atoms with Crippen molar-refractivity contribution in [2.45, 2.75) is 63.4 Å². The number of nitrogens with zero attached hydrogens (tertiary/aromatic N) is 2. The lowest BCUT2D eigenvalue weighted by molar-refractivity contribution is -0.169. The van der Waals surface area contributed by atoms with Gasteiger partial charge in [-0.25, -0.2) is 4.79 Å². The second kappa shape index (κ2) is 4.34. The molecule has 3 unspecified atom stereocenters. The van der Waals surface area contributed by atoms with E-state index in [4.69, 9.17) is 9.47 Å². The highest BCUT2D eigenvalue weighted by Gasteiger charge is 2.68. The molecule has 0 radical (unpaired) electrons. The number of rotatable bonds is 1. The molecule has 0 aromatic heterocycles. The number of aliphatic hydroxyl groups is 1. The van der Waals surface area contributed by atoms with Gasteiger partial charge in [-0.15, -0.1) is 0 Å². The second-order valence-corrected chi connectivity index (χ2v) is 7.48. The normalized spacial score (nSPS) is 37.0. The number of hydrogen-bond acceptors (Lipinski definition) is 5. The Hall–Kier alpha value is -1.32. The van der Waals surface area contributed by atoms with Gasteiger partial charge in [0.25, 0.3) is 0 Å². The van der Waals surface area contributed by atoms with E-state index in [0.717, 1.165) is 12.8 Å². The number of ether oxygens (including phenoxy) is 2. The van der Waals surface area contributed by atoms with Crippen LogP contribution in [0.4, 0.5) is 4.79 Å².